The molecule has 0 unspecified atom stereocenters. The van der Waals surface area contributed by atoms with Crippen LogP contribution in [0.25, 0.3) is 11.5 Å². The van der Waals surface area contributed by atoms with Crippen LogP contribution in [0.3, 0.4) is 0 Å². The van der Waals surface area contributed by atoms with Crippen molar-refractivity contribution < 1.29 is 0 Å². The van der Waals surface area contributed by atoms with E-state index in [1.807, 2.05) is 0 Å². The lowest BCUT2D eigenvalue weighted by Gasteiger charge is -2.02. The van der Waals surface area contributed by atoms with Gasteiger partial charge in [0.25, 0.3) is 0 Å². The molecular formula is C9H5BrClN3S. The number of nitrogens with one attached hydrogen (secondary N) is 1. The maximum absolute atomic E-state index is 5.98. The van der Waals surface area contributed by atoms with Crippen molar-refractivity contribution in [3.8, 4) is 11.5 Å². The average Bonchev–Trinajstić information content (AvgIpc) is 2.23. The monoisotopic (exact) mass is 301 g/mol. The molecule has 2 aromatic rings. The summed E-state index contributed by atoms with van der Waals surface area (Å²) in [4.78, 5) is 11.2. The fourth-order valence-electron chi connectivity index (χ4n) is 1.06. The number of pyridine rings is 1. The third kappa shape index (κ3) is 2.25. The number of nitrogens with zero attached hydrogens (tertiary/aromatic N) is 2. The molecule has 0 fully saturated rings. The molecule has 6 heteroatoms. The van der Waals surface area contributed by atoms with Gasteiger partial charge in [0.2, 0.25) is 0 Å². The molecule has 2 aromatic heterocycles. The van der Waals surface area contributed by atoms with Crippen LogP contribution >= 0.6 is 39.7 Å². The van der Waals surface area contributed by atoms with Crippen LogP contribution in [0.2, 0.25) is 5.02 Å². The van der Waals surface area contributed by atoms with Crippen LogP contribution in [-0.2, 0) is 0 Å². The molecule has 0 aromatic carbocycles. The summed E-state index contributed by atoms with van der Waals surface area (Å²) in [6.45, 7) is 0. The van der Waals surface area contributed by atoms with E-state index in [-0.39, 0.29) is 0 Å². The van der Waals surface area contributed by atoms with E-state index >= 15 is 0 Å². The first-order chi connectivity index (χ1) is 7.18. The zero-order chi connectivity index (χ0) is 10.8. The Morgan fingerprint density at radius 2 is 2.20 bits per heavy atom. The molecule has 2 rings (SSSR count). The van der Waals surface area contributed by atoms with Crippen LogP contribution < -0.4 is 0 Å². The molecule has 0 spiro atoms. The van der Waals surface area contributed by atoms with Crippen molar-refractivity contribution in [2.45, 2.75) is 0 Å². The van der Waals surface area contributed by atoms with Crippen molar-refractivity contribution in [2.75, 3.05) is 0 Å². The minimum atomic E-state index is 0.540. The molecule has 15 heavy (non-hydrogen) atoms. The van der Waals surface area contributed by atoms with Crippen LogP contribution in [0.15, 0.2) is 29.0 Å². The minimum Gasteiger partial charge on any atom is -0.328 e. The Bertz CT molecular complexity index is 555. The van der Waals surface area contributed by atoms with Gasteiger partial charge in [-0.05, 0) is 28.1 Å². The van der Waals surface area contributed by atoms with Crippen LogP contribution in [0.4, 0.5) is 0 Å². The van der Waals surface area contributed by atoms with Gasteiger partial charge in [0.15, 0.2) is 5.82 Å². The van der Waals surface area contributed by atoms with Crippen molar-refractivity contribution in [2.24, 2.45) is 0 Å². The first-order valence-electron chi connectivity index (χ1n) is 4.04. The first-order valence-corrected chi connectivity index (χ1v) is 5.62. The fourth-order valence-corrected chi connectivity index (χ4v) is 1.62. The summed E-state index contributed by atoms with van der Waals surface area (Å²) in [6, 6.07) is 3.52. The zero-order valence-electron chi connectivity index (χ0n) is 7.37. The molecule has 0 saturated heterocycles. The Hall–Kier alpha value is -0.780. The van der Waals surface area contributed by atoms with E-state index in [9.17, 15) is 0 Å². The van der Waals surface area contributed by atoms with Crippen LogP contribution in [-0.4, -0.2) is 15.0 Å². The van der Waals surface area contributed by atoms with E-state index < -0.39 is 0 Å². The molecule has 3 nitrogen and oxygen atoms in total. The highest BCUT2D eigenvalue weighted by molar-refractivity contribution is 9.10. The van der Waals surface area contributed by atoms with E-state index in [0.717, 1.165) is 4.47 Å². The molecule has 0 atom stereocenters. The highest BCUT2D eigenvalue weighted by Crippen LogP contribution is 2.22. The highest BCUT2D eigenvalue weighted by atomic mass is 79.9. The normalized spacial score (nSPS) is 10.3. The third-order valence-electron chi connectivity index (χ3n) is 1.74. The Labute approximate surface area is 105 Å². The lowest BCUT2D eigenvalue weighted by molar-refractivity contribution is 1.11. The third-order valence-corrected chi connectivity index (χ3v) is 3.23. The van der Waals surface area contributed by atoms with E-state index in [1.165, 1.54) is 0 Å². The summed E-state index contributed by atoms with van der Waals surface area (Å²) in [7, 11) is 0. The van der Waals surface area contributed by atoms with Crippen molar-refractivity contribution in [1.82, 2.24) is 15.0 Å². The Kier molecular flexibility index (Phi) is 3.14. The van der Waals surface area contributed by atoms with Gasteiger partial charge < -0.3 is 4.98 Å². The maximum Gasteiger partial charge on any atom is 0.158 e. The molecule has 76 valence electrons. The summed E-state index contributed by atoms with van der Waals surface area (Å²) in [6.07, 6.45) is 3.28. The molecular weight excluding hydrogens is 298 g/mol. The predicted molar refractivity (Wildman–Crippen MR) is 65.4 cm³/mol. The van der Waals surface area contributed by atoms with Crippen LogP contribution in [0, 0.1) is 4.64 Å². The number of H-pyrrole nitrogens is 1. The molecule has 0 aliphatic heterocycles. The second-order valence-corrected chi connectivity index (χ2v) is 4.41. The van der Waals surface area contributed by atoms with E-state index in [2.05, 4.69) is 30.9 Å². The quantitative estimate of drug-likeness (QED) is 0.818. The number of hydrogen-bond donors (Lipinski definition) is 1. The average molecular weight is 303 g/mol. The van der Waals surface area contributed by atoms with Gasteiger partial charge >= 0.3 is 0 Å². The molecule has 0 aliphatic rings. The van der Waals surface area contributed by atoms with Gasteiger partial charge in [-0.2, -0.15) is 0 Å². The fraction of sp³-hybridized carbons (Fsp3) is 0. The van der Waals surface area contributed by atoms with Crippen LogP contribution in [0.5, 0.6) is 0 Å². The smallest absolute Gasteiger partial charge is 0.158 e. The maximum atomic E-state index is 5.98. The Morgan fingerprint density at radius 3 is 2.87 bits per heavy atom. The lowest BCUT2D eigenvalue weighted by atomic mass is 10.3. The van der Waals surface area contributed by atoms with Gasteiger partial charge in [0.1, 0.15) is 10.3 Å². The van der Waals surface area contributed by atoms with E-state index in [0.29, 0.717) is 21.2 Å². The van der Waals surface area contributed by atoms with Gasteiger partial charge in [-0.1, -0.05) is 23.8 Å². The summed E-state index contributed by atoms with van der Waals surface area (Å²) in [5.41, 5.74) is 0.595. The molecule has 0 amide bonds. The first kappa shape index (κ1) is 10.7. The van der Waals surface area contributed by atoms with Gasteiger partial charge in [-0.25, -0.2) is 4.98 Å². The standard InChI is InChI=1S/C9H5BrClN3S/c10-5-4-13-8(14-9(5)15)7-6(11)2-1-3-12-7/h1-4H,(H,13,14,15). The molecule has 0 radical (unpaired) electrons. The van der Waals surface area contributed by atoms with E-state index in [4.69, 9.17) is 23.8 Å². The second-order valence-electron chi connectivity index (χ2n) is 2.74. The van der Waals surface area contributed by atoms with Crippen molar-refractivity contribution in [1.29, 1.82) is 0 Å². The molecule has 2 heterocycles. The zero-order valence-corrected chi connectivity index (χ0v) is 10.5. The van der Waals surface area contributed by atoms with Crippen molar-refractivity contribution in [3.63, 3.8) is 0 Å². The van der Waals surface area contributed by atoms with Crippen LogP contribution in [0.1, 0.15) is 0 Å². The summed E-state index contributed by atoms with van der Waals surface area (Å²) < 4.78 is 1.31. The Balaban J connectivity index is 2.60. The van der Waals surface area contributed by atoms with Gasteiger partial charge in [-0.15, -0.1) is 0 Å². The number of halogens is 2. The molecule has 0 saturated carbocycles. The van der Waals surface area contributed by atoms with Crippen molar-refractivity contribution >= 4 is 39.7 Å². The van der Waals surface area contributed by atoms with Gasteiger partial charge in [-0.3, -0.25) is 4.98 Å². The van der Waals surface area contributed by atoms with Gasteiger partial charge in [0.05, 0.1) is 9.50 Å². The van der Waals surface area contributed by atoms with E-state index in [1.54, 1.807) is 24.5 Å². The largest absolute Gasteiger partial charge is 0.328 e. The SMILES string of the molecule is S=c1[nH]c(-c2ncccc2Cl)ncc1Br. The highest BCUT2D eigenvalue weighted by Gasteiger charge is 2.06. The topological polar surface area (TPSA) is 41.6 Å². The lowest BCUT2D eigenvalue weighted by Crippen LogP contribution is -1.92. The van der Waals surface area contributed by atoms with Gasteiger partial charge in [0, 0.05) is 12.4 Å². The summed E-state index contributed by atoms with van der Waals surface area (Å²) in [5.74, 6) is 0.564. The number of aromatic amines is 1. The Morgan fingerprint density at radius 1 is 1.40 bits per heavy atom. The molecule has 1 N–H and O–H groups in total. The summed E-state index contributed by atoms with van der Waals surface area (Å²) in [5, 5.41) is 0.540. The summed E-state index contributed by atoms with van der Waals surface area (Å²) >= 11 is 14.3. The predicted octanol–water partition coefficient (Wildman–Crippen LogP) is 3.62. The number of hydrogen-bond acceptors (Lipinski definition) is 3. The second kappa shape index (κ2) is 4.38. The van der Waals surface area contributed by atoms with Crippen molar-refractivity contribution in [3.05, 3.63) is 38.7 Å². The molecule has 0 aliphatic carbocycles. The number of rotatable bonds is 1. The molecule has 0 bridgehead atoms. The minimum absolute atomic E-state index is 0.540. The number of aromatic nitrogens is 3.